The number of carbonyl (C=O) groups excluding carboxylic acids is 2. The number of guanidine groups is 1. The lowest BCUT2D eigenvalue weighted by molar-refractivity contribution is -0.125. The maximum Gasteiger partial charge on any atom is 0.238 e. The average molecular weight is 275 g/mol. The van der Waals surface area contributed by atoms with Crippen LogP contribution in [-0.2, 0) is 9.59 Å². The highest BCUT2D eigenvalue weighted by molar-refractivity contribution is 7.80. The third-order valence-electron chi connectivity index (χ3n) is 2.35. The van der Waals surface area contributed by atoms with Crippen molar-refractivity contribution >= 4 is 30.8 Å². The van der Waals surface area contributed by atoms with Crippen LogP contribution in [0.4, 0.5) is 0 Å². The van der Waals surface area contributed by atoms with Crippen molar-refractivity contribution in [2.45, 2.75) is 24.9 Å². The maximum absolute atomic E-state index is 11.7. The number of hydrogen-bond donors (Lipinski definition) is 6. The molecule has 0 radical (unpaired) electrons. The Balaban J connectivity index is 3.99. The molecule has 0 heterocycles. The Morgan fingerprint density at radius 1 is 1.56 bits per heavy atom. The summed E-state index contributed by atoms with van der Waals surface area (Å²) in [4.78, 5) is 22.5. The van der Waals surface area contributed by atoms with Crippen LogP contribution in [0.15, 0.2) is 0 Å². The first-order chi connectivity index (χ1) is 8.54. The van der Waals surface area contributed by atoms with Gasteiger partial charge in [0.15, 0.2) is 5.96 Å². The SMILES string of the molecule is CNC(CS)C(=O)NC(C=O)CCCNC(=N)N. The van der Waals surface area contributed by atoms with Gasteiger partial charge in [0.25, 0.3) is 0 Å². The Kier molecular flexibility index (Phi) is 9.03. The molecule has 7 nitrogen and oxygen atoms in total. The number of hydrogen-bond acceptors (Lipinski definition) is 5. The second-order valence-corrected chi connectivity index (χ2v) is 4.12. The van der Waals surface area contributed by atoms with Crippen LogP contribution in [0.2, 0.25) is 0 Å². The van der Waals surface area contributed by atoms with Gasteiger partial charge in [-0.3, -0.25) is 10.2 Å². The normalized spacial score (nSPS) is 13.4. The quantitative estimate of drug-likeness (QED) is 0.100. The molecule has 0 aliphatic rings. The van der Waals surface area contributed by atoms with Gasteiger partial charge in [-0.05, 0) is 19.9 Å². The summed E-state index contributed by atoms with van der Waals surface area (Å²) in [6.07, 6.45) is 1.84. The number of nitrogens with one attached hydrogen (secondary N) is 4. The van der Waals surface area contributed by atoms with E-state index in [1.54, 1.807) is 7.05 Å². The van der Waals surface area contributed by atoms with E-state index in [9.17, 15) is 9.59 Å². The zero-order valence-corrected chi connectivity index (χ0v) is 11.3. The van der Waals surface area contributed by atoms with E-state index >= 15 is 0 Å². The van der Waals surface area contributed by atoms with Crippen molar-refractivity contribution in [1.29, 1.82) is 5.41 Å². The van der Waals surface area contributed by atoms with Crippen molar-refractivity contribution in [2.75, 3.05) is 19.3 Å². The molecule has 0 aliphatic carbocycles. The van der Waals surface area contributed by atoms with Crippen LogP contribution >= 0.6 is 12.6 Å². The number of nitrogens with two attached hydrogens (primary N) is 1. The molecular formula is C10H21N5O2S. The van der Waals surface area contributed by atoms with E-state index in [1.165, 1.54) is 0 Å². The van der Waals surface area contributed by atoms with Crippen molar-refractivity contribution in [3.8, 4) is 0 Å². The van der Waals surface area contributed by atoms with Gasteiger partial charge in [0, 0.05) is 12.3 Å². The van der Waals surface area contributed by atoms with Crippen molar-refractivity contribution in [2.24, 2.45) is 5.73 Å². The molecule has 0 aliphatic heterocycles. The van der Waals surface area contributed by atoms with Gasteiger partial charge in [0.05, 0.1) is 12.1 Å². The highest BCUT2D eigenvalue weighted by atomic mass is 32.1. The fourth-order valence-electron chi connectivity index (χ4n) is 1.31. The molecule has 8 heteroatoms. The fraction of sp³-hybridized carbons (Fsp3) is 0.700. The Morgan fingerprint density at radius 2 is 2.22 bits per heavy atom. The summed E-state index contributed by atoms with van der Waals surface area (Å²) in [5.74, 6) is 0.0101. The van der Waals surface area contributed by atoms with Gasteiger partial charge in [0.1, 0.15) is 6.29 Å². The molecule has 6 N–H and O–H groups in total. The highest BCUT2D eigenvalue weighted by Gasteiger charge is 2.18. The zero-order valence-electron chi connectivity index (χ0n) is 10.4. The number of aldehydes is 1. The van der Waals surface area contributed by atoms with Crippen LogP contribution in [0, 0.1) is 5.41 Å². The van der Waals surface area contributed by atoms with E-state index in [-0.39, 0.29) is 11.9 Å². The van der Waals surface area contributed by atoms with E-state index in [2.05, 4.69) is 28.6 Å². The summed E-state index contributed by atoms with van der Waals surface area (Å²) in [6, 6.07) is -0.937. The van der Waals surface area contributed by atoms with E-state index < -0.39 is 12.1 Å². The maximum atomic E-state index is 11.7. The van der Waals surface area contributed by atoms with Crippen molar-refractivity contribution in [3.05, 3.63) is 0 Å². The summed E-state index contributed by atoms with van der Waals surface area (Å²) in [7, 11) is 1.66. The average Bonchev–Trinajstić information content (AvgIpc) is 2.34. The van der Waals surface area contributed by atoms with E-state index in [0.717, 1.165) is 0 Å². The molecule has 0 fully saturated rings. The van der Waals surface area contributed by atoms with Crippen molar-refractivity contribution in [1.82, 2.24) is 16.0 Å². The highest BCUT2D eigenvalue weighted by Crippen LogP contribution is 1.96. The molecule has 104 valence electrons. The Bertz CT molecular complexity index is 283. The van der Waals surface area contributed by atoms with E-state index in [1.807, 2.05) is 0 Å². The van der Waals surface area contributed by atoms with Crippen LogP contribution in [0.5, 0.6) is 0 Å². The molecule has 18 heavy (non-hydrogen) atoms. The molecule has 0 aromatic rings. The van der Waals surface area contributed by atoms with Crippen LogP contribution in [0.1, 0.15) is 12.8 Å². The molecule has 0 spiro atoms. The van der Waals surface area contributed by atoms with Gasteiger partial charge < -0.3 is 26.5 Å². The summed E-state index contributed by atoms with van der Waals surface area (Å²) in [5, 5.41) is 15.0. The van der Waals surface area contributed by atoms with Crippen LogP contribution in [0.25, 0.3) is 0 Å². The monoisotopic (exact) mass is 275 g/mol. The topological polar surface area (TPSA) is 120 Å². The predicted octanol–water partition coefficient (Wildman–Crippen LogP) is -1.55. The zero-order chi connectivity index (χ0) is 14.0. The van der Waals surface area contributed by atoms with Gasteiger partial charge in [0.2, 0.25) is 5.91 Å². The largest absolute Gasteiger partial charge is 0.370 e. The number of amides is 1. The number of thiol groups is 1. The first-order valence-electron chi connectivity index (χ1n) is 5.66. The minimum absolute atomic E-state index is 0.105. The molecule has 0 saturated heterocycles. The molecular weight excluding hydrogens is 254 g/mol. The lowest BCUT2D eigenvalue weighted by Crippen LogP contribution is -2.48. The van der Waals surface area contributed by atoms with Crippen LogP contribution in [-0.4, -0.2) is 49.6 Å². The summed E-state index contributed by atoms with van der Waals surface area (Å²) < 4.78 is 0. The lowest BCUT2D eigenvalue weighted by Gasteiger charge is -2.17. The first-order valence-corrected chi connectivity index (χ1v) is 6.30. The molecule has 0 bridgehead atoms. The number of carbonyl (C=O) groups is 2. The van der Waals surface area contributed by atoms with Crippen LogP contribution < -0.4 is 21.7 Å². The van der Waals surface area contributed by atoms with E-state index in [4.69, 9.17) is 11.1 Å². The molecule has 0 aromatic heterocycles. The molecule has 2 unspecified atom stereocenters. The number of likely N-dealkylation sites (N-methyl/N-ethyl adjacent to an activating group) is 1. The van der Waals surface area contributed by atoms with Crippen molar-refractivity contribution in [3.63, 3.8) is 0 Å². The fourth-order valence-corrected chi connectivity index (χ4v) is 1.66. The first kappa shape index (κ1) is 16.7. The molecule has 2 atom stereocenters. The minimum atomic E-state index is -0.526. The second kappa shape index (κ2) is 9.72. The summed E-state index contributed by atoms with van der Waals surface area (Å²) in [6.45, 7) is 0.498. The van der Waals surface area contributed by atoms with Gasteiger partial charge in [-0.1, -0.05) is 0 Å². The summed E-state index contributed by atoms with van der Waals surface area (Å²) >= 11 is 4.04. The number of rotatable bonds is 9. The summed E-state index contributed by atoms with van der Waals surface area (Å²) in [5.41, 5.74) is 5.11. The third-order valence-corrected chi connectivity index (χ3v) is 2.71. The van der Waals surface area contributed by atoms with Gasteiger partial charge in [-0.2, -0.15) is 12.6 Å². The third kappa shape index (κ3) is 7.13. The lowest BCUT2D eigenvalue weighted by atomic mass is 10.1. The predicted molar refractivity (Wildman–Crippen MR) is 73.8 cm³/mol. The van der Waals surface area contributed by atoms with Crippen molar-refractivity contribution < 1.29 is 9.59 Å². The smallest absolute Gasteiger partial charge is 0.238 e. The molecule has 0 aromatic carbocycles. The Labute approximate surface area is 112 Å². The molecule has 0 saturated carbocycles. The molecule has 1 amide bonds. The van der Waals surface area contributed by atoms with Gasteiger partial charge in [-0.15, -0.1) is 0 Å². The molecule has 0 rings (SSSR count). The van der Waals surface area contributed by atoms with Gasteiger partial charge in [-0.25, -0.2) is 0 Å². The minimum Gasteiger partial charge on any atom is -0.370 e. The Hall–Kier alpha value is -1.28. The standard InChI is InChI=1S/C10H21N5O2S/c1-13-8(6-18)9(17)15-7(5-16)3-2-4-14-10(11)12/h5,7-8,13,18H,2-4,6H2,1H3,(H,15,17)(H4,11,12,14). The Morgan fingerprint density at radius 3 is 2.67 bits per heavy atom. The van der Waals surface area contributed by atoms with Crippen LogP contribution in [0.3, 0.4) is 0 Å². The van der Waals surface area contributed by atoms with E-state index in [0.29, 0.717) is 31.4 Å². The van der Waals surface area contributed by atoms with Gasteiger partial charge >= 0.3 is 0 Å². The second-order valence-electron chi connectivity index (χ2n) is 3.76.